The van der Waals surface area contributed by atoms with Crippen LogP contribution in [0.4, 0.5) is 34.1 Å². The fraction of sp³-hybridized carbons (Fsp3) is 0. The molecule has 0 N–H and O–H groups in total. The molecule has 0 spiro atoms. The number of fused-ring (bicyclic) bond motifs is 6. The first-order valence-corrected chi connectivity index (χ1v) is 21.8. The second-order valence-electron chi connectivity index (χ2n) is 15.3. The van der Waals surface area contributed by atoms with Gasteiger partial charge in [0.15, 0.2) is 0 Å². The van der Waals surface area contributed by atoms with E-state index in [0.29, 0.717) is 68.7 Å². The minimum absolute atomic E-state index is 0.681. The summed E-state index contributed by atoms with van der Waals surface area (Å²) in [6.07, 6.45) is 10.3. The maximum Gasteiger partial charge on any atom is 0.127 e. The largest absolute Gasteiger partial charge is 0.457 e. The minimum atomic E-state index is 0.681. The van der Waals surface area contributed by atoms with Crippen LogP contribution in [-0.4, -0.2) is 52.2 Å². The standard InChI is InChI=1S/C57H39N9O3/c1-4-46-34-58-40-10-22-52(23-11-40)67-54-26-14-42(15-27-54)60-36-48-6-2-8-50(65-48)38-62-44-18-30-56(31-19-44)69-57-32-20-45(21-33-57)63-39-51-9-3-7-49(66-51)37-61-43-16-28-55(29-17-43)68-53-24-12-41(13-25-53)59-35-47(5-1)64-46/h1-39H. The molecule has 0 aliphatic carbocycles. The maximum absolute atomic E-state index is 6.09. The summed E-state index contributed by atoms with van der Waals surface area (Å²) in [4.78, 5) is 41.7. The van der Waals surface area contributed by atoms with Gasteiger partial charge in [0.2, 0.25) is 0 Å². The van der Waals surface area contributed by atoms with Crippen molar-refractivity contribution in [2.45, 2.75) is 0 Å². The van der Waals surface area contributed by atoms with Crippen LogP contribution in [0, 0.1) is 0 Å². The van der Waals surface area contributed by atoms with E-state index >= 15 is 0 Å². The first-order valence-electron chi connectivity index (χ1n) is 21.8. The van der Waals surface area contributed by atoms with Gasteiger partial charge in [-0.1, -0.05) is 18.2 Å². The minimum Gasteiger partial charge on any atom is -0.457 e. The molecule has 7 aliphatic heterocycles. The molecule has 0 saturated carbocycles. The number of pyridine rings is 3. The lowest BCUT2D eigenvalue weighted by Gasteiger charge is -2.06. The normalized spacial score (nSPS) is 12.3. The van der Waals surface area contributed by atoms with Crippen LogP contribution in [0.5, 0.6) is 34.5 Å². The monoisotopic (exact) mass is 897 g/mol. The highest BCUT2D eigenvalue weighted by Crippen LogP contribution is 2.29. The summed E-state index contributed by atoms with van der Waals surface area (Å²) in [5.41, 5.74) is 8.76. The van der Waals surface area contributed by atoms with Gasteiger partial charge in [-0.2, -0.15) is 0 Å². The summed E-state index contributed by atoms with van der Waals surface area (Å²) in [6, 6.07) is 62.3. The number of nitrogens with zero attached hydrogens (tertiary/aromatic N) is 9. The summed E-state index contributed by atoms with van der Waals surface area (Å²) in [6.45, 7) is 0. The highest BCUT2D eigenvalue weighted by molar-refractivity contribution is 5.86. The number of aromatic nitrogens is 3. The number of benzene rings is 6. The van der Waals surface area contributed by atoms with Gasteiger partial charge in [0.05, 0.1) is 106 Å². The molecule has 69 heavy (non-hydrogen) atoms. The molecule has 0 unspecified atom stereocenters. The lowest BCUT2D eigenvalue weighted by Crippen LogP contribution is -1.93. The maximum atomic E-state index is 6.09. The van der Waals surface area contributed by atoms with Crippen LogP contribution in [0.1, 0.15) is 34.2 Å². The molecule has 0 amide bonds. The third kappa shape index (κ3) is 12.3. The molecule has 3 aromatic heterocycles. The molecule has 0 fully saturated rings. The molecule has 0 saturated heterocycles. The lowest BCUT2D eigenvalue weighted by atomic mass is 10.2. The molecule has 10 heterocycles. The number of aliphatic imine (C=N–C) groups is 6. The first kappa shape index (κ1) is 43.1. The summed E-state index contributed by atoms with van der Waals surface area (Å²) in [5, 5.41) is 0. The Hall–Kier alpha value is -9.81. The van der Waals surface area contributed by atoms with Crippen molar-refractivity contribution < 1.29 is 14.2 Å². The van der Waals surface area contributed by atoms with E-state index in [9.17, 15) is 0 Å². The van der Waals surface area contributed by atoms with E-state index in [1.165, 1.54) is 0 Å². The van der Waals surface area contributed by atoms with Crippen LogP contribution in [-0.2, 0) is 0 Å². The third-order valence-corrected chi connectivity index (χ3v) is 10.2. The highest BCUT2D eigenvalue weighted by atomic mass is 16.5. The Morgan fingerprint density at radius 1 is 0.188 bits per heavy atom. The Morgan fingerprint density at radius 2 is 0.348 bits per heavy atom. The molecule has 18 bridgehead atoms. The van der Waals surface area contributed by atoms with Crippen molar-refractivity contribution in [3.8, 4) is 34.5 Å². The van der Waals surface area contributed by atoms with Gasteiger partial charge in [0.25, 0.3) is 0 Å². The van der Waals surface area contributed by atoms with Crippen LogP contribution < -0.4 is 14.2 Å². The van der Waals surface area contributed by atoms with Crippen molar-refractivity contribution in [3.63, 3.8) is 0 Å². The van der Waals surface area contributed by atoms with Gasteiger partial charge in [-0.05, 0) is 182 Å². The topological polar surface area (TPSA) is 141 Å². The van der Waals surface area contributed by atoms with Crippen molar-refractivity contribution in [1.29, 1.82) is 0 Å². The molecule has 0 atom stereocenters. The molecule has 0 radical (unpaired) electrons. The molecule has 16 rings (SSSR count). The quantitative estimate of drug-likeness (QED) is 0.148. The molecule has 6 aromatic carbocycles. The van der Waals surface area contributed by atoms with E-state index in [1.54, 1.807) is 37.3 Å². The lowest BCUT2D eigenvalue weighted by molar-refractivity contribution is 0.482. The van der Waals surface area contributed by atoms with Crippen molar-refractivity contribution >= 4 is 71.4 Å². The second kappa shape index (κ2) is 21.0. The van der Waals surface area contributed by atoms with E-state index in [4.69, 9.17) is 14.2 Å². The zero-order valence-corrected chi connectivity index (χ0v) is 36.8. The van der Waals surface area contributed by atoms with Gasteiger partial charge in [0.1, 0.15) is 34.5 Å². The number of rotatable bonds is 0. The van der Waals surface area contributed by atoms with E-state index < -0.39 is 0 Å². The van der Waals surface area contributed by atoms with E-state index in [1.807, 2.05) is 200 Å². The molecular weight excluding hydrogens is 859 g/mol. The molecule has 9 aromatic rings. The molecule has 330 valence electrons. The van der Waals surface area contributed by atoms with Gasteiger partial charge in [-0.25, -0.2) is 15.0 Å². The predicted molar refractivity (Wildman–Crippen MR) is 275 cm³/mol. The summed E-state index contributed by atoms with van der Waals surface area (Å²) in [5.74, 6) is 4.09. The summed E-state index contributed by atoms with van der Waals surface area (Å²) < 4.78 is 18.3. The Morgan fingerprint density at radius 3 is 0.507 bits per heavy atom. The average molecular weight is 898 g/mol. The highest BCUT2D eigenvalue weighted by Gasteiger charge is 2.04. The Labute approximate surface area is 397 Å². The molecular formula is C57H39N9O3. The van der Waals surface area contributed by atoms with E-state index in [0.717, 1.165) is 34.1 Å². The van der Waals surface area contributed by atoms with E-state index in [-0.39, 0.29) is 0 Å². The SMILES string of the molecule is C1=Nc2ccc(cc2)Oc2ccc(cc2)N=Cc2cccc(n2)C=Nc2ccc(cc2)Oc2ccc(cc2)N=Cc2cccc(n2)C=Nc2ccc(cc2)Oc2ccc(cc2)N=Cc2cccc1n2. The predicted octanol–water partition coefficient (Wildman–Crippen LogP) is 14.1. The number of hydrogen-bond donors (Lipinski definition) is 0. The van der Waals surface area contributed by atoms with Crippen LogP contribution >= 0.6 is 0 Å². The Balaban J connectivity index is 0.852. The summed E-state index contributed by atoms with van der Waals surface area (Å²) in [7, 11) is 0. The van der Waals surface area contributed by atoms with Crippen LogP contribution in [0.2, 0.25) is 0 Å². The Kier molecular flexibility index (Phi) is 13.1. The molecule has 12 heteroatoms. The van der Waals surface area contributed by atoms with Crippen molar-refractivity contribution in [2.75, 3.05) is 0 Å². The fourth-order valence-electron chi connectivity index (χ4n) is 6.69. The molecule has 12 nitrogen and oxygen atoms in total. The molecule has 7 aliphatic rings. The van der Waals surface area contributed by atoms with Crippen molar-refractivity contribution in [2.24, 2.45) is 30.0 Å². The second-order valence-corrected chi connectivity index (χ2v) is 15.3. The van der Waals surface area contributed by atoms with Gasteiger partial charge in [0, 0.05) is 0 Å². The van der Waals surface area contributed by atoms with Gasteiger partial charge < -0.3 is 14.2 Å². The number of ether oxygens (including phenoxy) is 3. The van der Waals surface area contributed by atoms with Crippen LogP contribution in [0.3, 0.4) is 0 Å². The van der Waals surface area contributed by atoms with Gasteiger partial charge in [-0.3, -0.25) is 30.0 Å². The smallest absolute Gasteiger partial charge is 0.127 e. The van der Waals surface area contributed by atoms with Crippen LogP contribution in [0.25, 0.3) is 0 Å². The summed E-state index contributed by atoms with van der Waals surface area (Å²) >= 11 is 0. The third-order valence-electron chi connectivity index (χ3n) is 10.2. The van der Waals surface area contributed by atoms with Crippen LogP contribution in [0.15, 0.2) is 230 Å². The van der Waals surface area contributed by atoms with E-state index in [2.05, 4.69) is 44.9 Å². The fourth-order valence-corrected chi connectivity index (χ4v) is 6.69. The van der Waals surface area contributed by atoms with Gasteiger partial charge in [-0.15, -0.1) is 0 Å². The Bertz CT molecular complexity index is 2790. The zero-order valence-electron chi connectivity index (χ0n) is 36.8. The zero-order chi connectivity index (χ0) is 46.5. The van der Waals surface area contributed by atoms with Crippen molar-refractivity contribution in [3.05, 3.63) is 234 Å². The van der Waals surface area contributed by atoms with Gasteiger partial charge >= 0.3 is 0 Å². The van der Waals surface area contributed by atoms with Crippen molar-refractivity contribution in [1.82, 2.24) is 15.0 Å². The first-order chi connectivity index (χ1) is 34.0. The number of hydrogen-bond acceptors (Lipinski definition) is 12. The average Bonchev–Trinajstić information content (AvgIpc) is 3.40.